The molecule has 6 rings (SSSR count). The molecule has 0 bridgehead atoms. The zero-order chi connectivity index (χ0) is 75.0. The molecular weight excluding hydrogens is 1600 g/mol. The molecule has 6 aromatic carbocycles. The van der Waals surface area contributed by atoms with E-state index < -0.39 is 0 Å². The molecule has 104 heavy (non-hydrogen) atoms. The van der Waals surface area contributed by atoms with Crippen LogP contribution in [0, 0.1) is 39.7 Å². The Labute approximate surface area is 663 Å². The van der Waals surface area contributed by atoms with Crippen LogP contribution in [-0.4, -0.2) is 122 Å². The van der Waals surface area contributed by atoms with Gasteiger partial charge in [-0.3, -0.25) is 0 Å². The summed E-state index contributed by atoms with van der Waals surface area (Å²) >= 11 is 0. The van der Waals surface area contributed by atoms with Crippen LogP contribution >= 0.6 is 0 Å². The fourth-order valence-electron chi connectivity index (χ4n) is 9.11. The second-order valence-electron chi connectivity index (χ2n) is 25.1. The summed E-state index contributed by atoms with van der Waals surface area (Å²) in [6.45, 7) is 24.0. The number of azo groups is 3. The van der Waals surface area contributed by atoms with Crippen LogP contribution < -0.4 is 28.4 Å². The predicted molar refractivity (Wildman–Crippen MR) is 401 cm³/mol. The molecule has 6 aromatic rings. The van der Waals surface area contributed by atoms with Crippen LogP contribution in [0.5, 0.6) is 34.5 Å². The number of nitrogens with zero attached hydrogens (tertiary/aromatic N) is 6. The van der Waals surface area contributed by atoms with Gasteiger partial charge in [0.25, 0.3) is 0 Å². The molecule has 0 amide bonds. The van der Waals surface area contributed by atoms with E-state index in [-0.39, 0.29) is 97.9 Å². The number of aliphatic hydroxyl groups excluding tert-OH is 6. The molecule has 0 heterocycles. The molecule has 6 unspecified atom stereocenters. The van der Waals surface area contributed by atoms with E-state index in [1.807, 2.05) is 24.3 Å². The first-order valence-electron chi connectivity index (χ1n) is 36.0. The van der Waals surface area contributed by atoms with Gasteiger partial charge in [0.2, 0.25) is 0 Å². The molecule has 0 aliphatic carbocycles. The topological polar surface area (TPSA) is 292 Å². The molecule has 6 atom stereocenters. The number of unbranched alkanes of at least 4 members (excludes halogenated alkanes) is 12. The van der Waals surface area contributed by atoms with Gasteiger partial charge in [-0.2, -0.15) is 0 Å². The van der Waals surface area contributed by atoms with Gasteiger partial charge >= 0.3 is 0 Å². The molecule has 0 saturated heterocycles. The molecule has 0 aliphatic rings. The summed E-state index contributed by atoms with van der Waals surface area (Å²) in [6, 6.07) is 45.2. The Morgan fingerprint density at radius 2 is 0.577 bits per heavy atom. The van der Waals surface area contributed by atoms with Crippen molar-refractivity contribution in [3.05, 3.63) is 161 Å². The predicted octanol–water partition coefficient (Wildman–Crippen LogP) is 19.5. The number of benzene rings is 6. The van der Waals surface area contributed by atoms with Crippen molar-refractivity contribution >= 4 is 34.1 Å². The smallest absolute Gasteiger partial charge is 0.138 e. The van der Waals surface area contributed by atoms with Crippen LogP contribution in [0.25, 0.3) is 0 Å². The van der Waals surface area contributed by atoms with E-state index in [4.69, 9.17) is 54.0 Å². The van der Waals surface area contributed by atoms with Crippen LogP contribution in [0.2, 0.25) is 0 Å². The fraction of sp³-hybridized carbons (Fsp3) is 0.550. The van der Waals surface area contributed by atoms with Crippen molar-refractivity contribution in [2.45, 2.75) is 241 Å². The summed E-state index contributed by atoms with van der Waals surface area (Å²) < 4.78 is 32.8. The van der Waals surface area contributed by atoms with E-state index in [9.17, 15) is 20.7 Å². The van der Waals surface area contributed by atoms with Crippen LogP contribution in [0.3, 0.4) is 0 Å². The minimum absolute atomic E-state index is 0. The van der Waals surface area contributed by atoms with E-state index in [2.05, 4.69) is 75.1 Å². The molecule has 0 spiro atoms. The number of hydrogen-bond acceptors (Lipinski definition) is 18. The average Bonchev–Trinajstić information content (AvgIpc) is 0.881. The summed E-state index contributed by atoms with van der Waals surface area (Å²) in [6.07, 6.45) is 18.7. The molecule has 24 heteroatoms. The Bertz CT molecular complexity index is 2880. The quantitative estimate of drug-likeness (QED) is 0.00520. The summed E-state index contributed by atoms with van der Waals surface area (Å²) in [5.41, 5.74) is 2.70. The average molecular weight is 1730 g/mol. The minimum atomic E-state index is -0.381. The van der Waals surface area contributed by atoms with Gasteiger partial charge in [-0.25, -0.2) is 0 Å². The van der Waals surface area contributed by atoms with E-state index in [1.165, 1.54) is 77.0 Å². The maximum Gasteiger partial charge on any atom is 0.138 e. The summed E-state index contributed by atoms with van der Waals surface area (Å²) in [4.78, 5) is 1.67. The van der Waals surface area contributed by atoms with Crippen LogP contribution in [0.1, 0.15) is 205 Å². The summed E-state index contributed by atoms with van der Waals surface area (Å²) in [5, 5.41) is 101. The van der Waals surface area contributed by atoms with Crippen molar-refractivity contribution in [2.75, 3.05) is 40.6 Å². The third-order valence-electron chi connectivity index (χ3n) is 14.3. The molecule has 594 valence electrons. The van der Waals surface area contributed by atoms with Gasteiger partial charge in [-0.15, -0.1) is 36.4 Å². The number of ether oxygens (including phenoxy) is 6. The number of hydrogen-bond donors (Lipinski definition) is 6. The second-order valence-corrected chi connectivity index (χ2v) is 25.1. The zero-order valence-corrected chi connectivity index (χ0v) is 68.3. The molecular formula is C80H121N6O15Pd3-3. The monoisotopic (exact) mass is 1720 g/mol. The molecule has 0 fully saturated rings. The molecule has 0 aromatic heterocycles. The van der Waals surface area contributed by atoms with Crippen LogP contribution in [-0.2, 0) is 61.3 Å². The summed E-state index contributed by atoms with van der Waals surface area (Å²) in [7, 11) is 3.14. The number of methoxy groups -OCH3 is 2. The summed E-state index contributed by atoms with van der Waals surface area (Å²) in [5.74, 6) is 4.90. The number of aliphatic hydroxyl groups is 6. The van der Waals surface area contributed by atoms with Gasteiger partial charge in [0, 0.05) is 93.9 Å². The van der Waals surface area contributed by atoms with Crippen molar-refractivity contribution in [2.24, 2.45) is 21.3 Å². The van der Waals surface area contributed by atoms with Crippen molar-refractivity contribution in [3.63, 3.8) is 0 Å². The van der Waals surface area contributed by atoms with Crippen LogP contribution in [0.15, 0.2) is 143 Å². The number of rotatable bonds is 40. The first-order chi connectivity index (χ1) is 48.4. The Morgan fingerprint density at radius 1 is 0.327 bits per heavy atom. The largest absolute Gasteiger partial charge is 0.596 e. The Kier molecular flexibility index (Phi) is 64.3. The van der Waals surface area contributed by atoms with E-state index in [0.717, 1.165) is 55.1 Å². The van der Waals surface area contributed by atoms with Gasteiger partial charge in [-0.05, 0) is 165 Å². The first kappa shape index (κ1) is 102. The van der Waals surface area contributed by atoms with Crippen LogP contribution in [0.4, 0.5) is 34.1 Å². The molecule has 6 N–H and O–H groups in total. The van der Waals surface area contributed by atoms with Gasteiger partial charge < -0.3 is 74.7 Å². The molecule has 0 aliphatic heterocycles. The fourth-order valence-corrected chi connectivity index (χ4v) is 9.11. The Hall–Kier alpha value is -5.93. The maximum atomic E-state index is 12.3. The second kappa shape index (κ2) is 65.4. The van der Waals surface area contributed by atoms with E-state index in [0.29, 0.717) is 112 Å². The zero-order valence-electron chi connectivity index (χ0n) is 63.6. The Balaban J connectivity index is -0.00000127. The maximum absolute atomic E-state index is 12.3. The van der Waals surface area contributed by atoms with Crippen molar-refractivity contribution in [1.29, 1.82) is 0 Å². The third kappa shape index (κ3) is 54.6. The SMILES string of the molecule is CC(C)CC(O)CC(C)O.CC(O)CC(C)O.CC(O)CC(C)O.CCCCCCOc1c[c-]c([N+]([O-])=Nc2ccc(OCCCCCC)cc2)cc1.CCCCCCOc1c[c-]c([N+]([O-])=Nc2ccc(OCCCCCC)cc2)cc1.COc1c[c-]c([N+]([O-])=Nc2ccc(OC)cc2)cc1.[Pd].[Pd].[Pd]. The minimum Gasteiger partial charge on any atom is -0.596 e. The van der Waals surface area contributed by atoms with Crippen molar-refractivity contribution in [3.8, 4) is 34.5 Å². The molecule has 21 nitrogen and oxygen atoms in total. The van der Waals surface area contributed by atoms with Gasteiger partial charge in [0.05, 0.1) is 77.3 Å². The Morgan fingerprint density at radius 3 is 0.798 bits per heavy atom. The third-order valence-corrected chi connectivity index (χ3v) is 14.3. The van der Waals surface area contributed by atoms with Gasteiger partial charge in [0.15, 0.2) is 0 Å². The van der Waals surface area contributed by atoms with Gasteiger partial charge in [0.1, 0.15) is 51.4 Å². The normalized spacial score (nSPS) is 12.6. The van der Waals surface area contributed by atoms with Gasteiger partial charge in [-0.1, -0.05) is 170 Å². The van der Waals surface area contributed by atoms with Crippen molar-refractivity contribution < 1.29 is 135 Å². The standard InChI is InChI=1S/2C24H33N2O3.C14H13N2O3.C8H18O2.2C5H12O2.3Pd/c2*1-3-5-7-9-19-28-23-15-11-21(12-16-23)25-26(27)22-13-17-24(18-14-22)29-20-10-8-6-4-2;1-18-13-7-3-11(4-8-13)15-16(17)12-5-9-14(19-2)10-6-12;1-6(2)4-8(10)5-7(3)9;2*1-4(6)3-5(2)7;;;/h2*11-13,15-18H,3-10,19-20H2,1-2H3;3-5,7-10H,1-2H3;6-10H,4-5H2,1-3H3;2*4-7H,3H2,1-2H3;;;/q3*-1;;;;;;. The van der Waals surface area contributed by atoms with Crippen molar-refractivity contribution in [1.82, 2.24) is 0 Å². The molecule has 0 saturated carbocycles. The first-order valence-corrected chi connectivity index (χ1v) is 36.0. The van der Waals surface area contributed by atoms with E-state index in [1.54, 1.807) is 152 Å². The molecule has 0 radical (unpaired) electrons. The van der Waals surface area contributed by atoms with E-state index >= 15 is 0 Å².